The van der Waals surface area contributed by atoms with Crippen LogP contribution in [0.15, 0.2) is 36.4 Å². The van der Waals surface area contributed by atoms with Crippen LogP contribution in [0, 0.1) is 0 Å². The maximum absolute atomic E-state index is 13.0. The molecule has 0 saturated carbocycles. The molecule has 1 aliphatic rings. The van der Waals surface area contributed by atoms with Crippen LogP contribution in [0.4, 0.5) is 4.79 Å². The Bertz CT molecular complexity index is 769. The van der Waals surface area contributed by atoms with E-state index in [1.807, 2.05) is 20.8 Å². The number of hydrogen-bond donors (Lipinski definition) is 1. The molecule has 7 heteroatoms. The standard InChI is InChI=1S/C22H31N3O4/c1-6-12-24(13-7-2)19(26)14-25-20(27)22(5,23-21(25)28)17-8-10-18(11-9-17)29-15-16(3)4/h8-11H,3,6-7,12-15H2,1-2,4-5H3,(H,23,28). The average molecular weight is 402 g/mol. The number of rotatable bonds is 10. The van der Waals surface area contributed by atoms with Gasteiger partial charge < -0.3 is 15.0 Å². The van der Waals surface area contributed by atoms with Crippen LogP contribution in [0.3, 0.4) is 0 Å². The summed E-state index contributed by atoms with van der Waals surface area (Å²) in [4.78, 5) is 40.8. The van der Waals surface area contributed by atoms with Gasteiger partial charge in [0.1, 0.15) is 24.4 Å². The Balaban J connectivity index is 2.13. The number of amides is 4. The highest BCUT2D eigenvalue weighted by Gasteiger charge is 2.49. The normalized spacial score (nSPS) is 18.6. The molecule has 158 valence electrons. The Morgan fingerprint density at radius 3 is 2.28 bits per heavy atom. The first-order valence-corrected chi connectivity index (χ1v) is 10.0. The molecule has 1 aromatic rings. The minimum atomic E-state index is -1.22. The first-order chi connectivity index (χ1) is 13.7. The molecule has 1 N–H and O–H groups in total. The summed E-state index contributed by atoms with van der Waals surface area (Å²) in [5, 5.41) is 2.74. The molecule has 0 bridgehead atoms. The number of hydrogen-bond acceptors (Lipinski definition) is 4. The van der Waals surface area contributed by atoms with Crippen molar-refractivity contribution in [3.8, 4) is 5.75 Å². The Morgan fingerprint density at radius 2 is 1.76 bits per heavy atom. The van der Waals surface area contributed by atoms with Crippen molar-refractivity contribution >= 4 is 17.8 Å². The predicted molar refractivity (Wildman–Crippen MR) is 112 cm³/mol. The van der Waals surface area contributed by atoms with Gasteiger partial charge in [0, 0.05) is 13.1 Å². The van der Waals surface area contributed by atoms with Gasteiger partial charge in [-0.05, 0) is 50.0 Å². The van der Waals surface area contributed by atoms with E-state index >= 15 is 0 Å². The van der Waals surface area contributed by atoms with Gasteiger partial charge in [-0.15, -0.1) is 0 Å². The highest BCUT2D eigenvalue weighted by atomic mass is 16.5. The van der Waals surface area contributed by atoms with E-state index in [0.29, 0.717) is 31.0 Å². The van der Waals surface area contributed by atoms with Crippen molar-refractivity contribution in [3.63, 3.8) is 0 Å². The molecule has 0 radical (unpaired) electrons. The van der Waals surface area contributed by atoms with E-state index in [4.69, 9.17) is 4.74 Å². The summed E-state index contributed by atoms with van der Waals surface area (Å²) in [7, 11) is 0. The van der Waals surface area contributed by atoms with Crippen LogP contribution >= 0.6 is 0 Å². The molecule has 0 spiro atoms. The van der Waals surface area contributed by atoms with Crippen LogP contribution in [0.1, 0.15) is 46.1 Å². The molecule has 4 amide bonds. The monoisotopic (exact) mass is 401 g/mol. The lowest BCUT2D eigenvalue weighted by atomic mass is 9.92. The molecule has 2 rings (SSSR count). The number of nitrogens with one attached hydrogen (secondary N) is 1. The number of benzene rings is 1. The fourth-order valence-corrected chi connectivity index (χ4v) is 3.26. The molecule has 29 heavy (non-hydrogen) atoms. The second-order valence-electron chi connectivity index (χ2n) is 7.60. The minimum absolute atomic E-state index is 0.218. The van der Waals surface area contributed by atoms with Crippen LogP contribution in [-0.2, 0) is 15.1 Å². The lowest BCUT2D eigenvalue weighted by molar-refractivity contribution is -0.139. The third-order valence-electron chi connectivity index (χ3n) is 4.82. The Morgan fingerprint density at radius 1 is 1.17 bits per heavy atom. The van der Waals surface area contributed by atoms with Crippen molar-refractivity contribution in [2.75, 3.05) is 26.2 Å². The summed E-state index contributed by atoms with van der Waals surface area (Å²) in [6.07, 6.45) is 1.65. The number of nitrogens with zero attached hydrogens (tertiary/aromatic N) is 2. The molecule has 1 saturated heterocycles. The fraction of sp³-hybridized carbons (Fsp3) is 0.500. The summed E-state index contributed by atoms with van der Waals surface area (Å²) in [6, 6.07) is 6.44. The molecule has 0 aliphatic carbocycles. The zero-order valence-electron chi connectivity index (χ0n) is 17.8. The molecule has 1 heterocycles. The highest BCUT2D eigenvalue weighted by Crippen LogP contribution is 2.30. The van der Waals surface area contributed by atoms with Gasteiger partial charge in [0.25, 0.3) is 5.91 Å². The van der Waals surface area contributed by atoms with Gasteiger partial charge in [0.2, 0.25) is 5.91 Å². The van der Waals surface area contributed by atoms with Crippen LogP contribution < -0.4 is 10.1 Å². The first kappa shape index (κ1) is 22.5. The van der Waals surface area contributed by atoms with Crippen molar-refractivity contribution in [3.05, 3.63) is 42.0 Å². The number of carbonyl (C=O) groups is 3. The summed E-state index contributed by atoms with van der Waals surface area (Å²) < 4.78 is 5.58. The van der Waals surface area contributed by atoms with E-state index in [1.54, 1.807) is 36.1 Å². The van der Waals surface area contributed by atoms with Crippen molar-refractivity contribution in [2.45, 2.75) is 46.1 Å². The predicted octanol–water partition coefficient (Wildman–Crippen LogP) is 3.06. The van der Waals surface area contributed by atoms with E-state index in [9.17, 15) is 14.4 Å². The second-order valence-corrected chi connectivity index (χ2v) is 7.60. The summed E-state index contributed by atoms with van der Waals surface area (Å²) in [6.45, 7) is 12.7. The third kappa shape index (κ3) is 5.16. The number of ether oxygens (including phenoxy) is 1. The lowest BCUT2D eigenvalue weighted by Crippen LogP contribution is -2.45. The zero-order valence-corrected chi connectivity index (χ0v) is 17.8. The zero-order chi connectivity index (χ0) is 21.6. The summed E-state index contributed by atoms with van der Waals surface area (Å²) in [5.41, 5.74) is 0.317. The van der Waals surface area contributed by atoms with E-state index < -0.39 is 17.5 Å². The highest BCUT2D eigenvalue weighted by molar-refractivity contribution is 6.09. The molecule has 1 aromatic carbocycles. The molecule has 1 atom stereocenters. The van der Waals surface area contributed by atoms with Crippen molar-refractivity contribution in [2.24, 2.45) is 0 Å². The van der Waals surface area contributed by atoms with Gasteiger partial charge in [0.05, 0.1) is 0 Å². The number of imide groups is 1. The third-order valence-corrected chi connectivity index (χ3v) is 4.82. The van der Waals surface area contributed by atoms with Gasteiger partial charge in [0.15, 0.2) is 0 Å². The van der Waals surface area contributed by atoms with Crippen LogP contribution in [0.5, 0.6) is 5.75 Å². The molecule has 1 aliphatic heterocycles. The topological polar surface area (TPSA) is 79.0 Å². The lowest BCUT2D eigenvalue weighted by Gasteiger charge is -2.25. The largest absolute Gasteiger partial charge is 0.489 e. The van der Waals surface area contributed by atoms with E-state index in [2.05, 4.69) is 11.9 Å². The van der Waals surface area contributed by atoms with Crippen molar-refractivity contribution in [1.29, 1.82) is 0 Å². The van der Waals surface area contributed by atoms with Gasteiger partial charge in [-0.3, -0.25) is 14.5 Å². The molecule has 0 aromatic heterocycles. The molecule has 1 fully saturated rings. The average Bonchev–Trinajstić information content (AvgIpc) is 2.90. The van der Waals surface area contributed by atoms with Gasteiger partial charge in [-0.25, -0.2) is 4.79 Å². The summed E-state index contributed by atoms with van der Waals surface area (Å²) >= 11 is 0. The quantitative estimate of drug-likeness (QED) is 0.483. The van der Waals surface area contributed by atoms with Gasteiger partial charge in [-0.2, -0.15) is 0 Å². The molecular formula is C22H31N3O4. The second kappa shape index (κ2) is 9.58. The maximum atomic E-state index is 13.0. The SMILES string of the molecule is C=C(C)COc1ccc(C2(C)NC(=O)N(CC(=O)N(CCC)CCC)C2=O)cc1. The maximum Gasteiger partial charge on any atom is 0.325 e. The van der Waals surface area contributed by atoms with Crippen molar-refractivity contribution < 1.29 is 19.1 Å². The Kier molecular flexibility index (Phi) is 7.42. The van der Waals surface area contributed by atoms with Crippen LogP contribution in [0.25, 0.3) is 0 Å². The van der Waals surface area contributed by atoms with E-state index in [-0.39, 0.29) is 12.5 Å². The van der Waals surface area contributed by atoms with Crippen LogP contribution in [-0.4, -0.2) is 53.9 Å². The van der Waals surface area contributed by atoms with E-state index in [1.165, 1.54) is 0 Å². The van der Waals surface area contributed by atoms with Crippen molar-refractivity contribution in [1.82, 2.24) is 15.1 Å². The smallest absolute Gasteiger partial charge is 0.325 e. The molecular weight excluding hydrogens is 370 g/mol. The Hall–Kier alpha value is -2.83. The molecule has 1 unspecified atom stereocenters. The molecule has 7 nitrogen and oxygen atoms in total. The summed E-state index contributed by atoms with van der Waals surface area (Å²) in [5.74, 6) is 0.00308. The van der Waals surface area contributed by atoms with E-state index in [0.717, 1.165) is 23.3 Å². The van der Waals surface area contributed by atoms with Gasteiger partial charge in [-0.1, -0.05) is 32.6 Å². The first-order valence-electron chi connectivity index (χ1n) is 10.0. The fourth-order valence-electron chi connectivity index (χ4n) is 3.26. The number of urea groups is 1. The van der Waals surface area contributed by atoms with Gasteiger partial charge >= 0.3 is 6.03 Å². The Labute approximate surface area is 172 Å². The minimum Gasteiger partial charge on any atom is -0.489 e. The number of carbonyl (C=O) groups excluding carboxylic acids is 3. The van der Waals surface area contributed by atoms with Crippen LogP contribution in [0.2, 0.25) is 0 Å².